The fraction of sp³-hybridized carbons (Fsp3) is 0.467. The molecule has 6 rings (SSSR count). The van der Waals surface area contributed by atoms with Gasteiger partial charge in [0.2, 0.25) is 5.91 Å². The number of aliphatic hydroxyl groups excluding tert-OH is 1. The molecule has 7 heteroatoms. The van der Waals surface area contributed by atoms with Crippen LogP contribution in [0, 0.1) is 12.8 Å². The number of hydrogen-bond acceptors (Lipinski definition) is 4. The molecule has 2 aromatic carbocycles. The molecule has 1 aromatic heterocycles. The largest absolute Gasteiger partial charge is 0.389 e. The Labute approximate surface area is 217 Å². The Morgan fingerprint density at radius 2 is 1.86 bits per heavy atom. The number of likely N-dealkylation sites (tertiary alicyclic amines) is 2. The number of aryl methyl sites for hydroxylation is 1. The normalized spacial score (nSPS) is 25.9. The molecule has 37 heavy (non-hydrogen) atoms. The van der Waals surface area contributed by atoms with Crippen LogP contribution in [0.25, 0.3) is 11.4 Å². The lowest BCUT2D eigenvalue weighted by Crippen LogP contribution is -2.42. The molecule has 0 bridgehead atoms. The van der Waals surface area contributed by atoms with Crippen molar-refractivity contribution in [3.05, 3.63) is 77.6 Å². The number of hydrogen-bond donors (Lipinski definition) is 1. The van der Waals surface area contributed by atoms with Crippen molar-refractivity contribution in [1.82, 2.24) is 19.4 Å². The minimum atomic E-state index is -1.14. The highest BCUT2D eigenvalue weighted by Crippen LogP contribution is 2.49. The molecule has 3 unspecified atom stereocenters. The number of aliphatic hydroxyl groups is 1. The fourth-order valence-electron chi connectivity index (χ4n) is 6.65. The fourth-order valence-corrected chi connectivity index (χ4v) is 6.65. The number of amides is 1. The highest BCUT2D eigenvalue weighted by Gasteiger charge is 2.45. The van der Waals surface area contributed by atoms with Crippen molar-refractivity contribution in [1.29, 1.82) is 0 Å². The van der Waals surface area contributed by atoms with Crippen LogP contribution in [0.4, 0.5) is 4.39 Å². The Bertz CT molecular complexity index is 1260. The molecular weight excluding hydrogens is 467 g/mol. The van der Waals surface area contributed by atoms with Crippen LogP contribution in [0.1, 0.15) is 42.4 Å². The molecule has 1 amide bonds. The van der Waals surface area contributed by atoms with E-state index < -0.39 is 17.8 Å². The van der Waals surface area contributed by atoms with E-state index in [1.165, 1.54) is 16.7 Å². The van der Waals surface area contributed by atoms with E-state index in [1.54, 1.807) is 0 Å². The zero-order valence-electron chi connectivity index (χ0n) is 21.4. The molecule has 0 spiro atoms. The third kappa shape index (κ3) is 4.28. The van der Waals surface area contributed by atoms with Gasteiger partial charge in [0, 0.05) is 57.1 Å². The van der Waals surface area contributed by atoms with Crippen molar-refractivity contribution in [2.24, 2.45) is 5.92 Å². The summed E-state index contributed by atoms with van der Waals surface area (Å²) in [7, 11) is 0. The van der Waals surface area contributed by atoms with Crippen molar-refractivity contribution in [3.8, 4) is 11.4 Å². The number of carbonyl (C=O) groups excluding carboxylic acids is 1. The number of β-amino-alcohol motifs (C(OH)–C–C–N with tert-alkyl or cyclic N) is 1. The SMILES string of the molecule is Cc1ccc(C2(CCC(=O)N3CCC(CN4CC(O)C(F)C4)CC3)c3ccccc3-c3nccn32)cc1. The first-order valence-corrected chi connectivity index (χ1v) is 13.5. The minimum Gasteiger partial charge on any atom is -0.389 e. The number of rotatable bonds is 6. The Morgan fingerprint density at radius 3 is 2.59 bits per heavy atom. The third-order valence-corrected chi connectivity index (χ3v) is 8.67. The summed E-state index contributed by atoms with van der Waals surface area (Å²) < 4.78 is 15.9. The van der Waals surface area contributed by atoms with Crippen LogP contribution in [0.15, 0.2) is 60.9 Å². The van der Waals surface area contributed by atoms with Crippen LogP contribution >= 0.6 is 0 Å². The molecule has 2 saturated heterocycles. The topological polar surface area (TPSA) is 61.6 Å². The third-order valence-electron chi connectivity index (χ3n) is 8.67. The van der Waals surface area contributed by atoms with Crippen LogP contribution in [-0.2, 0) is 10.3 Å². The quantitative estimate of drug-likeness (QED) is 0.554. The molecular formula is C30H35FN4O2. The van der Waals surface area contributed by atoms with Gasteiger partial charge >= 0.3 is 0 Å². The lowest BCUT2D eigenvalue weighted by Gasteiger charge is -2.36. The monoisotopic (exact) mass is 502 g/mol. The summed E-state index contributed by atoms with van der Waals surface area (Å²) >= 11 is 0. The lowest BCUT2D eigenvalue weighted by atomic mass is 9.79. The molecule has 0 radical (unpaired) electrons. The number of fused-ring (bicyclic) bond motifs is 3. The maximum Gasteiger partial charge on any atom is 0.222 e. The maximum atomic E-state index is 13.7. The number of halogens is 1. The summed E-state index contributed by atoms with van der Waals surface area (Å²) in [6, 6.07) is 17.1. The van der Waals surface area contributed by atoms with Crippen LogP contribution in [0.3, 0.4) is 0 Å². The highest BCUT2D eigenvalue weighted by molar-refractivity contribution is 5.77. The molecule has 0 saturated carbocycles. The van der Waals surface area contributed by atoms with E-state index >= 15 is 0 Å². The molecule has 6 nitrogen and oxygen atoms in total. The average Bonchev–Trinajstić information content (AvgIpc) is 3.58. The van der Waals surface area contributed by atoms with E-state index in [4.69, 9.17) is 0 Å². The van der Waals surface area contributed by atoms with E-state index in [1.807, 2.05) is 22.2 Å². The Balaban J connectivity index is 1.18. The molecule has 194 valence electrons. The highest BCUT2D eigenvalue weighted by atomic mass is 19.1. The lowest BCUT2D eigenvalue weighted by molar-refractivity contribution is -0.133. The van der Waals surface area contributed by atoms with E-state index in [-0.39, 0.29) is 5.91 Å². The second-order valence-electron chi connectivity index (χ2n) is 11.0. The summed E-state index contributed by atoms with van der Waals surface area (Å²) in [5, 5.41) is 9.71. The Morgan fingerprint density at radius 1 is 1.11 bits per heavy atom. The summed E-state index contributed by atoms with van der Waals surface area (Å²) in [4.78, 5) is 22.2. The van der Waals surface area contributed by atoms with Gasteiger partial charge in [-0.25, -0.2) is 9.37 Å². The maximum absolute atomic E-state index is 13.7. The van der Waals surface area contributed by atoms with Gasteiger partial charge in [-0.15, -0.1) is 0 Å². The number of carbonyl (C=O) groups is 1. The molecule has 3 aliphatic rings. The molecule has 3 atom stereocenters. The van der Waals surface area contributed by atoms with Gasteiger partial charge in [0.25, 0.3) is 0 Å². The van der Waals surface area contributed by atoms with Gasteiger partial charge in [-0.3, -0.25) is 9.69 Å². The van der Waals surface area contributed by atoms with Gasteiger partial charge in [0.15, 0.2) is 0 Å². The second kappa shape index (κ2) is 9.69. The minimum absolute atomic E-state index is 0.191. The number of benzene rings is 2. The van der Waals surface area contributed by atoms with Crippen LogP contribution < -0.4 is 0 Å². The average molecular weight is 503 g/mol. The zero-order valence-corrected chi connectivity index (χ0v) is 21.4. The Hall–Kier alpha value is -3.03. The van der Waals surface area contributed by atoms with Gasteiger partial charge in [-0.05, 0) is 43.2 Å². The number of alkyl halides is 1. The van der Waals surface area contributed by atoms with E-state index in [9.17, 15) is 14.3 Å². The van der Waals surface area contributed by atoms with Gasteiger partial charge < -0.3 is 14.6 Å². The first-order chi connectivity index (χ1) is 18.0. The summed E-state index contributed by atoms with van der Waals surface area (Å²) in [6.45, 7) is 5.11. The number of imidazole rings is 1. The zero-order chi connectivity index (χ0) is 25.6. The van der Waals surface area contributed by atoms with Crippen molar-refractivity contribution < 1.29 is 14.3 Å². The molecule has 1 N–H and O–H groups in total. The van der Waals surface area contributed by atoms with Gasteiger partial charge in [-0.2, -0.15) is 0 Å². The van der Waals surface area contributed by atoms with Gasteiger partial charge in [0.05, 0.1) is 11.6 Å². The van der Waals surface area contributed by atoms with Crippen LogP contribution in [0.2, 0.25) is 0 Å². The van der Waals surface area contributed by atoms with Crippen molar-refractivity contribution >= 4 is 5.91 Å². The first kappa shape index (κ1) is 24.3. The predicted molar refractivity (Wildman–Crippen MR) is 141 cm³/mol. The van der Waals surface area contributed by atoms with Crippen molar-refractivity contribution in [2.45, 2.75) is 50.4 Å². The number of piperidine rings is 1. The number of nitrogens with zero attached hydrogens (tertiary/aromatic N) is 4. The van der Waals surface area contributed by atoms with E-state index in [0.29, 0.717) is 31.8 Å². The van der Waals surface area contributed by atoms with E-state index in [0.717, 1.165) is 43.9 Å². The predicted octanol–water partition coefficient (Wildman–Crippen LogP) is 4.00. The van der Waals surface area contributed by atoms with Crippen molar-refractivity contribution in [3.63, 3.8) is 0 Å². The molecule has 0 aliphatic carbocycles. The summed E-state index contributed by atoms with van der Waals surface area (Å²) in [5.74, 6) is 1.58. The number of aromatic nitrogens is 2. The second-order valence-corrected chi connectivity index (χ2v) is 11.0. The molecule has 3 aromatic rings. The van der Waals surface area contributed by atoms with E-state index in [2.05, 4.69) is 65.0 Å². The summed E-state index contributed by atoms with van der Waals surface area (Å²) in [6.07, 6.45) is 4.86. The molecule has 2 fully saturated rings. The standard InChI is InChI=1S/C30H35FN4O2/c1-21-6-8-23(9-7-21)30(25-5-3-2-4-24(25)29-32-14-17-35(29)30)13-10-28(37)34-15-11-22(12-16-34)18-33-19-26(31)27(36)20-33/h2-9,14,17,22,26-27,36H,10-13,15-16,18-20H2,1H3. The van der Waals surface area contributed by atoms with Crippen LogP contribution in [0.5, 0.6) is 0 Å². The van der Waals surface area contributed by atoms with Crippen molar-refractivity contribution in [2.75, 3.05) is 32.7 Å². The Kier molecular flexibility index (Phi) is 6.37. The van der Waals surface area contributed by atoms with Gasteiger partial charge in [0.1, 0.15) is 12.0 Å². The molecule has 4 heterocycles. The first-order valence-electron chi connectivity index (χ1n) is 13.5. The molecule has 3 aliphatic heterocycles. The van der Waals surface area contributed by atoms with Crippen LogP contribution in [-0.4, -0.2) is 75.4 Å². The smallest absolute Gasteiger partial charge is 0.222 e. The summed E-state index contributed by atoms with van der Waals surface area (Å²) in [5.41, 5.74) is 4.24. The van der Waals surface area contributed by atoms with Gasteiger partial charge in [-0.1, -0.05) is 54.1 Å².